The fourth-order valence-corrected chi connectivity index (χ4v) is 2.02. The highest BCUT2D eigenvalue weighted by molar-refractivity contribution is 6.33. The second-order valence-electron chi connectivity index (χ2n) is 4.25. The maximum Gasteiger partial charge on any atom is 0.152 e. The lowest BCUT2D eigenvalue weighted by atomic mass is 10.1. The Bertz CT molecular complexity index is 614. The SMILES string of the molecule is CCNc1nc(C)c(C)nc1-c1ccc(F)cc1Cl. The van der Waals surface area contributed by atoms with E-state index in [0.29, 0.717) is 22.1 Å². The van der Waals surface area contributed by atoms with Crippen LogP contribution >= 0.6 is 11.6 Å². The molecule has 0 spiro atoms. The number of rotatable bonds is 3. The average Bonchev–Trinajstić information content (AvgIpc) is 2.34. The van der Waals surface area contributed by atoms with Gasteiger partial charge < -0.3 is 5.32 Å². The van der Waals surface area contributed by atoms with Crippen LogP contribution in [0.1, 0.15) is 18.3 Å². The number of hydrogen-bond donors (Lipinski definition) is 1. The van der Waals surface area contributed by atoms with Gasteiger partial charge in [0.25, 0.3) is 0 Å². The lowest BCUT2D eigenvalue weighted by Gasteiger charge is -2.13. The van der Waals surface area contributed by atoms with Gasteiger partial charge in [-0.05, 0) is 39.0 Å². The van der Waals surface area contributed by atoms with Gasteiger partial charge in [0, 0.05) is 12.1 Å². The first-order valence-corrected chi connectivity index (χ1v) is 6.45. The predicted molar refractivity (Wildman–Crippen MR) is 76.1 cm³/mol. The molecule has 100 valence electrons. The molecule has 0 aliphatic heterocycles. The van der Waals surface area contributed by atoms with Gasteiger partial charge in [0.05, 0.1) is 16.4 Å². The lowest BCUT2D eigenvalue weighted by molar-refractivity contribution is 0.628. The zero-order valence-electron chi connectivity index (χ0n) is 11.1. The summed E-state index contributed by atoms with van der Waals surface area (Å²) in [6.45, 7) is 6.49. The Hall–Kier alpha value is -1.68. The minimum absolute atomic E-state index is 0.330. The van der Waals surface area contributed by atoms with Crippen LogP contribution in [0.25, 0.3) is 11.3 Å². The quantitative estimate of drug-likeness (QED) is 0.923. The average molecular weight is 280 g/mol. The topological polar surface area (TPSA) is 37.8 Å². The summed E-state index contributed by atoms with van der Waals surface area (Å²) in [7, 11) is 0. The van der Waals surface area contributed by atoms with E-state index in [1.807, 2.05) is 20.8 Å². The van der Waals surface area contributed by atoms with Gasteiger partial charge in [0.15, 0.2) is 5.82 Å². The maximum atomic E-state index is 13.1. The zero-order chi connectivity index (χ0) is 14.0. The Morgan fingerprint density at radius 2 is 1.89 bits per heavy atom. The summed E-state index contributed by atoms with van der Waals surface area (Å²) >= 11 is 6.09. The molecule has 2 aromatic rings. The van der Waals surface area contributed by atoms with Crippen LogP contribution in [-0.2, 0) is 0 Å². The largest absolute Gasteiger partial charge is 0.369 e. The van der Waals surface area contributed by atoms with Crippen molar-refractivity contribution in [3.05, 3.63) is 40.4 Å². The second kappa shape index (κ2) is 5.53. The third kappa shape index (κ3) is 2.84. The summed E-state index contributed by atoms with van der Waals surface area (Å²) in [4.78, 5) is 9.00. The number of benzene rings is 1. The molecule has 0 bridgehead atoms. The van der Waals surface area contributed by atoms with Gasteiger partial charge >= 0.3 is 0 Å². The third-order valence-electron chi connectivity index (χ3n) is 2.84. The normalized spacial score (nSPS) is 10.6. The molecule has 0 saturated heterocycles. The lowest BCUT2D eigenvalue weighted by Crippen LogP contribution is -2.06. The Labute approximate surface area is 116 Å². The Morgan fingerprint density at radius 3 is 2.53 bits per heavy atom. The van der Waals surface area contributed by atoms with Crippen molar-refractivity contribution in [1.29, 1.82) is 0 Å². The molecule has 1 N–H and O–H groups in total. The number of nitrogens with zero attached hydrogens (tertiary/aromatic N) is 2. The molecule has 0 radical (unpaired) electrons. The Kier molecular flexibility index (Phi) is 4.00. The fourth-order valence-electron chi connectivity index (χ4n) is 1.76. The molecule has 1 aromatic heterocycles. The summed E-state index contributed by atoms with van der Waals surface area (Å²) in [5.41, 5.74) is 3.01. The number of anilines is 1. The first-order valence-electron chi connectivity index (χ1n) is 6.07. The van der Waals surface area contributed by atoms with E-state index < -0.39 is 0 Å². The van der Waals surface area contributed by atoms with Crippen molar-refractivity contribution in [3.8, 4) is 11.3 Å². The standard InChI is InChI=1S/C14H15ClFN3/c1-4-17-14-13(18-8(2)9(3)19-14)11-6-5-10(16)7-12(11)15/h5-7H,4H2,1-3H3,(H,17,19). The van der Waals surface area contributed by atoms with Gasteiger partial charge in [-0.15, -0.1) is 0 Å². The van der Waals surface area contributed by atoms with Gasteiger partial charge in [0.1, 0.15) is 11.5 Å². The predicted octanol–water partition coefficient (Wildman–Crippen LogP) is 3.98. The zero-order valence-corrected chi connectivity index (χ0v) is 11.8. The minimum Gasteiger partial charge on any atom is -0.369 e. The van der Waals surface area contributed by atoms with E-state index in [9.17, 15) is 4.39 Å². The second-order valence-corrected chi connectivity index (χ2v) is 4.65. The summed E-state index contributed by atoms with van der Waals surface area (Å²) in [5.74, 6) is 0.301. The van der Waals surface area contributed by atoms with Gasteiger partial charge in [-0.2, -0.15) is 0 Å². The van der Waals surface area contributed by atoms with Crippen LogP contribution in [-0.4, -0.2) is 16.5 Å². The van der Waals surface area contributed by atoms with Gasteiger partial charge in [-0.3, -0.25) is 0 Å². The summed E-state index contributed by atoms with van der Waals surface area (Å²) < 4.78 is 13.1. The van der Waals surface area contributed by atoms with Crippen LogP contribution in [0.2, 0.25) is 5.02 Å². The van der Waals surface area contributed by atoms with Crippen LogP contribution in [0.5, 0.6) is 0 Å². The molecule has 0 aliphatic rings. The Morgan fingerprint density at radius 1 is 1.21 bits per heavy atom. The molecule has 0 aliphatic carbocycles. The number of aromatic nitrogens is 2. The molecule has 1 heterocycles. The molecule has 2 rings (SSSR count). The summed E-state index contributed by atoms with van der Waals surface area (Å²) in [6, 6.07) is 4.27. The number of nitrogens with one attached hydrogen (secondary N) is 1. The molecule has 0 atom stereocenters. The molecule has 5 heteroatoms. The van der Waals surface area contributed by atoms with Crippen molar-refractivity contribution in [2.45, 2.75) is 20.8 Å². The van der Waals surface area contributed by atoms with Crippen molar-refractivity contribution in [3.63, 3.8) is 0 Å². The van der Waals surface area contributed by atoms with Gasteiger partial charge in [-0.1, -0.05) is 11.6 Å². The van der Waals surface area contributed by atoms with Crippen molar-refractivity contribution in [2.24, 2.45) is 0 Å². The highest BCUT2D eigenvalue weighted by Crippen LogP contribution is 2.31. The molecule has 0 saturated carbocycles. The Balaban J connectivity index is 2.62. The van der Waals surface area contributed by atoms with E-state index in [1.165, 1.54) is 12.1 Å². The molecule has 3 nitrogen and oxygen atoms in total. The van der Waals surface area contributed by atoms with Crippen molar-refractivity contribution in [1.82, 2.24) is 9.97 Å². The number of aryl methyl sites for hydroxylation is 2. The highest BCUT2D eigenvalue weighted by atomic mass is 35.5. The van der Waals surface area contributed by atoms with E-state index in [0.717, 1.165) is 17.9 Å². The van der Waals surface area contributed by atoms with Crippen molar-refractivity contribution < 1.29 is 4.39 Å². The maximum absolute atomic E-state index is 13.1. The number of halogens is 2. The first kappa shape index (κ1) is 13.7. The minimum atomic E-state index is -0.365. The van der Waals surface area contributed by atoms with Crippen LogP contribution in [0.3, 0.4) is 0 Å². The van der Waals surface area contributed by atoms with Crippen LogP contribution in [0, 0.1) is 19.7 Å². The van der Waals surface area contributed by atoms with Gasteiger partial charge in [0.2, 0.25) is 0 Å². The molecule has 0 fully saturated rings. The molecule has 0 unspecified atom stereocenters. The molecular formula is C14H15ClFN3. The summed E-state index contributed by atoms with van der Waals surface area (Å²) in [6.07, 6.45) is 0. The van der Waals surface area contributed by atoms with Crippen molar-refractivity contribution in [2.75, 3.05) is 11.9 Å². The molecular weight excluding hydrogens is 265 g/mol. The van der Waals surface area contributed by atoms with E-state index in [2.05, 4.69) is 15.3 Å². The van der Waals surface area contributed by atoms with E-state index in [4.69, 9.17) is 11.6 Å². The van der Waals surface area contributed by atoms with Gasteiger partial charge in [-0.25, -0.2) is 14.4 Å². The van der Waals surface area contributed by atoms with E-state index in [-0.39, 0.29) is 5.82 Å². The molecule has 19 heavy (non-hydrogen) atoms. The van der Waals surface area contributed by atoms with Crippen LogP contribution < -0.4 is 5.32 Å². The summed E-state index contributed by atoms with van der Waals surface area (Å²) in [5, 5.41) is 3.49. The monoisotopic (exact) mass is 279 g/mol. The molecule has 1 aromatic carbocycles. The van der Waals surface area contributed by atoms with E-state index >= 15 is 0 Å². The highest BCUT2D eigenvalue weighted by Gasteiger charge is 2.14. The third-order valence-corrected chi connectivity index (χ3v) is 3.15. The van der Waals surface area contributed by atoms with E-state index in [1.54, 1.807) is 6.07 Å². The van der Waals surface area contributed by atoms with Crippen LogP contribution in [0.15, 0.2) is 18.2 Å². The fraction of sp³-hybridized carbons (Fsp3) is 0.286. The smallest absolute Gasteiger partial charge is 0.152 e. The van der Waals surface area contributed by atoms with Crippen molar-refractivity contribution >= 4 is 17.4 Å². The number of hydrogen-bond acceptors (Lipinski definition) is 3. The first-order chi connectivity index (χ1) is 9.02. The van der Waals surface area contributed by atoms with Crippen LogP contribution in [0.4, 0.5) is 10.2 Å². The molecule has 0 amide bonds.